The zero-order valence-electron chi connectivity index (χ0n) is 12.9. The Morgan fingerprint density at radius 3 is 2.71 bits per heavy atom. The quantitative estimate of drug-likeness (QED) is 0.861. The molecule has 0 bridgehead atoms. The van der Waals surface area contributed by atoms with Gasteiger partial charge in [-0.3, -0.25) is 0 Å². The predicted molar refractivity (Wildman–Crippen MR) is 89.9 cm³/mol. The van der Waals surface area contributed by atoms with Crippen LogP contribution in [0.25, 0.3) is 0 Å². The van der Waals surface area contributed by atoms with E-state index in [-0.39, 0.29) is 0 Å². The summed E-state index contributed by atoms with van der Waals surface area (Å²) in [7, 11) is 0. The number of hydrogen-bond acceptors (Lipinski definition) is 2. The molecular formula is C18H25N3. The van der Waals surface area contributed by atoms with Crippen LogP contribution in [0.2, 0.25) is 0 Å². The van der Waals surface area contributed by atoms with Crippen molar-refractivity contribution in [2.24, 2.45) is 0 Å². The molecule has 0 saturated carbocycles. The highest BCUT2D eigenvalue weighted by atomic mass is 15.2. The van der Waals surface area contributed by atoms with Gasteiger partial charge >= 0.3 is 0 Å². The van der Waals surface area contributed by atoms with E-state index in [4.69, 9.17) is 0 Å². The molecule has 3 rings (SSSR count). The van der Waals surface area contributed by atoms with E-state index in [0.717, 1.165) is 13.1 Å². The molecule has 0 aliphatic carbocycles. The number of benzene rings is 1. The third-order valence-corrected chi connectivity index (χ3v) is 4.13. The van der Waals surface area contributed by atoms with E-state index in [9.17, 15) is 0 Å². The summed E-state index contributed by atoms with van der Waals surface area (Å²) in [6, 6.07) is 10.9. The molecule has 3 nitrogen and oxygen atoms in total. The first-order valence-corrected chi connectivity index (χ1v) is 8.09. The number of aryl methyl sites for hydroxylation is 1. The van der Waals surface area contributed by atoms with E-state index >= 15 is 0 Å². The zero-order valence-corrected chi connectivity index (χ0v) is 12.9. The SMILES string of the molecule is CCCn1ccc(CNc2ccccc2N2CCCC2)c1. The van der Waals surface area contributed by atoms with Crippen LogP contribution in [0, 0.1) is 0 Å². The van der Waals surface area contributed by atoms with Gasteiger partial charge < -0.3 is 14.8 Å². The third kappa shape index (κ3) is 3.41. The molecule has 0 amide bonds. The molecule has 0 atom stereocenters. The van der Waals surface area contributed by atoms with Crippen molar-refractivity contribution in [3.05, 3.63) is 48.3 Å². The standard InChI is InChI=1S/C18H25N3/c1-2-10-20-13-9-16(15-20)14-19-17-7-3-4-8-18(17)21-11-5-6-12-21/h3-4,7-9,13,15,19H,2,5-6,10-12,14H2,1H3. The molecule has 1 saturated heterocycles. The maximum atomic E-state index is 3.61. The molecule has 1 aliphatic rings. The molecule has 1 aliphatic heterocycles. The van der Waals surface area contributed by atoms with Gasteiger partial charge in [0.05, 0.1) is 11.4 Å². The molecule has 1 aromatic heterocycles. The van der Waals surface area contributed by atoms with E-state index < -0.39 is 0 Å². The molecule has 3 heteroatoms. The maximum Gasteiger partial charge on any atom is 0.0602 e. The van der Waals surface area contributed by atoms with Crippen molar-refractivity contribution < 1.29 is 0 Å². The maximum absolute atomic E-state index is 3.61. The summed E-state index contributed by atoms with van der Waals surface area (Å²) in [4.78, 5) is 2.49. The van der Waals surface area contributed by atoms with Gasteiger partial charge in [-0.05, 0) is 43.0 Å². The summed E-state index contributed by atoms with van der Waals surface area (Å²) in [6.07, 6.45) is 8.23. The molecule has 2 heterocycles. The van der Waals surface area contributed by atoms with E-state index in [1.165, 1.54) is 49.3 Å². The Bertz CT molecular complexity index is 567. The Kier molecular flexibility index (Phi) is 4.49. The van der Waals surface area contributed by atoms with Crippen LogP contribution in [0.1, 0.15) is 31.7 Å². The molecule has 0 unspecified atom stereocenters. The summed E-state index contributed by atoms with van der Waals surface area (Å²) in [5.74, 6) is 0. The molecule has 0 spiro atoms. The van der Waals surface area contributed by atoms with E-state index in [1.807, 2.05) is 0 Å². The van der Waals surface area contributed by atoms with Gasteiger partial charge in [-0.15, -0.1) is 0 Å². The monoisotopic (exact) mass is 283 g/mol. The van der Waals surface area contributed by atoms with Gasteiger partial charge in [0.2, 0.25) is 0 Å². The minimum absolute atomic E-state index is 0.890. The van der Waals surface area contributed by atoms with Gasteiger partial charge in [0.1, 0.15) is 0 Å². The number of para-hydroxylation sites is 2. The van der Waals surface area contributed by atoms with Gasteiger partial charge in [0.15, 0.2) is 0 Å². The van der Waals surface area contributed by atoms with Crippen molar-refractivity contribution in [3.8, 4) is 0 Å². The number of hydrogen-bond donors (Lipinski definition) is 1. The zero-order chi connectivity index (χ0) is 14.5. The lowest BCUT2D eigenvalue weighted by molar-refractivity contribution is 0.681. The second kappa shape index (κ2) is 6.70. The second-order valence-electron chi connectivity index (χ2n) is 5.82. The Morgan fingerprint density at radius 2 is 1.90 bits per heavy atom. The van der Waals surface area contributed by atoms with Crippen LogP contribution in [0.3, 0.4) is 0 Å². The van der Waals surface area contributed by atoms with Gasteiger partial charge in [-0.25, -0.2) is 0 Å². The minimum Gasteiger partial charge on any atom is -0.379 e. The van der Waals surface area contributed by atoms with E-state index in [0.29, 0.717) is 0 Å². The van der Waals surface area contributed by atoms with Gasteiger partial charge in [0, 0.05) is 38.6 Å². The summed E-state index contributed by atoms with van der Waals surface area (Å²) in [6.45, 7) is 6.58. The van der Waals surface area contributed by atoms with Crippen molar-refractivity contribution in [2.75, 3.05) is 23.3 Å². The third-order valence-electron chi connectivity index (χ3n) is 4.13. The van der Waals surface area contributed by atoms with E-state index in [1.54, 1.807) is 0 Å². The highest BCUT2D eigenvalue weighted by Crippen LogP contribution is 2.28. The van der Waals surface area contributed by atoms with Crippen molar-refractivity contribution >= 4 is 11.4 Å². The van der Waals surface area contributed by atoms with Crippen molar-refractivity contribution in [1.82, 2.24) is 4.57 Å². The van der Waals surface area contributed by atoms with Gasteiger partial charge in [-0.1, -0.05) is 19.1 Å². The highest BCUT2D eigenvalue weighted by molar-refractivity contribution is 5.70. The fourth-order valence-corrected chi connectivity index (χ4v) is 3.05. The summed E-state index contributed by atoms with van der Waals surface area (Å²) < 4.78 is 2.27. The Hall–Kier alpha value is -1.90. The Labute approximate surface area is 127 Å². The summed E-state index contributed by atoms with van der Waals surface area (Å²) in [5.41, 5.74) is 3.95. The number of nitrogens with zero attached hydrogens (tertiary/aromatic N) is 2. The lowest BCUT2D eigenvalue weighted by Gasteiger charge is -2.21. The fraction of sp³-hybridized carbons (Fsp3) is 0.444. The molecule has 112 valence electrons. The van der Waals surface area contributed by atoms with Crippen LogP contribution in [-0.2, 0) is 13.1 Å². The average Bonchev–Trinajstić information content (AvgIpc) is 3.17. The second-order valence-corrected chi connectivity index (χ2v) is 5.82. The van der Waals surface area contributed by atoms with Crippen molar-refractivity contribution in [1.29, 1.82) is 0 Å². The molecule has 1 fully saturated rings. The van der Waals surface area contributed by atoms with Crippen LogP contribution in [0.5, 0.6) is 0 Å². The van der Waals surface area contributed by atoms with Crippen LogP contribution >= 0.6 is 0 Å². The van der Waals surface area contributed by atoms with Crippen molar-refractivity contribution in [2.45, 2.75) is 39.3 Å². The first-order chi connectivity index (χ1) is 10.4. The van der Waals surface area contributed by atoms with Gasteiger partial charge in [0.25, 0.3) is 0 Å². The number of nitrogens with one attached hydrogen (secondary N) is 1. The van der Waals surface area contributed by atoms with Crippen LogP contribution in [0.4, 0.5) is 11.4 Å². The smallest absolute Gasteiger partial charge is 0.0602 e. The van der Waals surface area contributed by atoms with Crippen LogP contribution in [0.15, 0.2) is 42.7 Å². The normalized spacial score (nSPS) is 14.6. The molecule has 2 aromatic rings. The van der Waals surface area contributed by atoms with Crippen molar-refractivity contribution in [3.63, 3.8) is 0 Å². The summed E-state index contributed by atoms with van der Waals surface area (Å²) >= 11 is 0. The Morgan fingerprint density at radius 1 is 1.10 bits per heavy atom. The Balaban J connectivity index is 1.66. The minimum atomic E-state index is 0.890. The number of rotatable bonds is 6. The topological polar surface area (TPSA) is 20.2 Å². The van der Waals surface area contributed by atoms with E-state index in [2.05, 4.69) is 64.4 Å². The summed E-state index contributed by atoms with van der Waals surface area (Å²) in [5, 5.41) is 3.61. The fourth-order valence-electron chi connectivity index (χ4n) is 3.05. The van der Waals surface area contributed by atoms with Gasteiger partial charge in [-0.2, -0.15) is 0 Å². The molecule has 21 heavy (non-hydrogen) atoms. The molecular weight excluding hydrogens is 258 g/mol. The first-order valence-electron chi connectivity index (χ1n) is 8.09. The first kappa shape index (κ1) is 14.1. The predicted octanol–water partition coefficient (Wildman–Crippen LogP) is 4.11. The number of aromatic nitrogens is 1. The molecule has 1 N–H and O–H groups in total. The lowest BCUT2D eigenvalue weighted by atomic mass is 10.2. The average molecular weight is 283 g/mol. The molecule has 1 aromatic carbocycles. The van der Waals surface area contributed by atoms with Crippen LogP contribution < -0.4 is 10.2 Å². The molecule has 0 radical (unpaired) electrons. The number of anilines is 2. The lowest BCUT2D eigenvalue weighted by Crippen LogP contribution is -2.19. The highest BCUT2D eigenvalue weighted by Gasteiger charge is 2.15. The largest absolute Gasteiger partial charge is 0.379 e. The van der Waals surface area contributed by atoms with Crippen LogP contribution in [-0.4, -0.2) is 17.7 Å².